The van der Waals surface area contributed by atoms with Crippen molar-refractivity contribution in [1.82, 2.24) is 0 Å². The monoisotopic (exact) mass is 294 g/mol. The standard InChI is InChI=1S/C15H12Cl2S/c16-14-8-6-12(7-9-14)10-11-18-15(17)13-4-2-1-3-5-13/h1-11,15H/b11-10+. The SMILES string of the molecule is Clc1ccc(/C=C/SC(Cl)c2ccccc2)cc1. The van der Waals surface area contributed by atoms with Gasteiger partial charge >= 0.3 is 0 Å². The van der Waals surface area contributed by atoms with Crippen molar-refractivity contribution in [3.63, 3.8) is 0 Å². The molecule has 3 heteroatoms. The van der Waals surface area contributed by atoms with E-state index in [1.165, 1.54) is 0 Å². The van der Waals surface area contributed by atoms with Crippen LogP contribution in [0.3, 0.4) is 0 Å². The van der Waals surface area contributed by atoms with E-state index in [0.29, 0.717) is 0 Å². The van der Waals surface area contributed by atoms with Gasteiger partial charge in [-0.1, -0.05) is 54.1 Å². The highest BCUT2D eigenvalue weighted by Crippen LogP contribution is 2.33. The van der Waals surface area contributed by atoms with Gasteiger partial charge in [-0.2, -0.15) is 0 Å². The van der Waals surface area contributed by atoms with Gasteiger partial charge in [-0.25, -0.2) is 0 Å². The van der Waals surface area contributed by atoms with Crippen LogP contribution < -0.4 is 0 Å². The maximum Gasteiger partial charge on any atom is 0.108 e. The molecule has 0 heterocycles. The van der Waals surface area contributed by atoms with E-state index < -0.39 is 0 Å². The summed E-state index contributed by atoms with van der Waals surface area (Å²) in [5, 5.41) is 2.76. The van der Waals surface area contributed by atoms with Gasteiger partial charge < -0.3 is 0 Å². The molecule has 0 aromatic heterocycles. The summed E-state index contributed by atoms with van der Waals surface area (Å²) in [7, 11) is 0. The Morgan fingerprint density at radius 1 is 0.944 bits per heavy atom. The third-order valence-corrected chi connectivity index (χ3v) is 4.01. The van der Waals surface area contributed by atoms with Crippen molar-refractivity contribution in [3.8, 4) is 0 Å². The van der Waals surface area contributed by atoms with Crippen molar-refractivity contribution in [2.45, 2.75) is 4.71 Å². The summed E-state index contributed by atoms with van der Waals surface area (Å²) in [6.07, 6.45) is 2.03. The topological polar surface area (TPSA) is 0 Å². The van der Waals surface area contributed by atoms with Gasteiger partial charge in [0, 0.05) is 5.02 Å². The third kappa shape index (κ3) is 4.09. The lowest BCUT2D eigenvalue weighted by Gasteiger charge is -2.05. The zero-order valence-corrected chi connectivity index (χ0v) is 11.9. The number of thioether (sulfide) groups is 1. The molecule has 2 rings (SSSR count). The Bertz CT molecular complexity index is 506. The summed E-state index contributed by atoms with van der Waals surface area (Å²) < 4.78 is -0.0604. The maximum absolute atomic E-state index is 6.29. The molecule has 1 unspecified atom stereocenters. The van der Waals surface area contributed by atoms with Crippen LogP contribution in [0.1, 0.15) is 15.8 Å². The Labute approximate surface area is 122 Å². The van der Waals surface area contributed by atoms with Crippen molar-refractivity contribution in [1.29, 1.82) is 0 Å². The van der Waals surface area contributed by atoms with E-state index in [1.807, 2.05) is 66.1 Å². The van der Waals surface area contributed by atoms with Crippen molar-refractivity contribution in [2.24, 2.45) is 0 Å². The van der Waals surface area contributed by atoms with E-state index in [4.69, 9.17) is 23.2 Å². The van der Waals surface area contributed by atoms with Crippen molar-refractivity contribution >= 4 is 41.0 Å². The van der Waals surface area contributed by atoms with Crippen molar-refractivity contribution in [2.75, 3.05) is 0 Å². The molecule has 92 valence electrons. The first-order valence-electron chi connectivity index (χ1n) is 5.52. The van der Waals surface area contributed by atoms with E-state index in [0.717, 1.165) is 16.1 Å². The average Bonchev–Trinajstić information content (AvgIpc) is 2.42. The third-order valence-electron chi connectivity index (χ3n) is 2.39. The van der Waals surface area contributed by atoms with Gasteiger partial charge in [0.05, 0.1) is 0 Å². The molecule has 0 fully saturated rings. The zero-order valence-electron chi connectivity index (χ0n) is 9.59. The fourth-order valence-electron chi connectivity index (χ4n) is 1.44. The Kier molecular flexibility index (Phi) is 5.18. The molecule has 1 atom stereocenters. The van der Waals surface area contributed by atoms with Crippen LogP contribution in [0.4, 0.5) is 0 Å². The number of hydrogen-bond donors (Lipinski definition) is 0. The van der Waals surface area contributed by atoms with Gasteiger partial charge in [-0.3, -0.25) is 0 Å². The highest BCUT2D eigenvalue weighted by Gasteiger charge is 2.04. The molecule has 0 radical (unpaired) electrons. The smallest absolute Gasteiger partial charge is 0.108 e. The number of benzene rings is 2. The van der Waals surface area contributed by atoms with Gasteiger partial charge in [0.1, 0.15) is 4.71 Å². The van der Waals surface area contributed by atoms with Crippen molar-refractivity contribution in [3.05, 3.63) is 76.2 Å². The van der Waals surface area contributed by atoms with E-state index >= 15 is 0 Å². The van der Waals surface area contributed by atoms with Crippen LogP contribution in [-0.4, -0.2) is 0 Å². The van der Waals surface area contributed by atoms with Gasteiger partial charge in [0.2, 0.25) is 0 Å². The van der Waals surface area contributed by atoms with Crippen LogP contribution >= 0.6 is 35.0 Å². The first kappa shape index (κ1) is 13.5. The molecule has 2 aromatic carbocycles. The molecule has 0 saturated carbocycles. The van der Waals surface area contributed by atoms with Gasteiger partial charge in [0.15, 0.2) is 0 Å². The first-order chi connectivity index (χ1) is 8.75. The predicted molar refractivity (Wildman–Crippen MR) is 83.1 cm³/mol. The van der Waals surface area contributed by atoms with Crippen LogP contribution in [0, 0.1) is 0 Å². The Hall–Kier alpha value is -0.890. The molecule has 0 aliphatic rings. The molecular formula is C15H12Cl2S. The van der Waals surface area contributed by atoms with Crippen LogP contribution in [0.2, 0.25) is 5.02 Å². The predicted octanol–water partition coefficient (Wildman–Crippen LogP) is 5.98. The molecule has 0 amide bonds. The minimum absolute atomic E-state index is 0.0604. The summed E-state index contributed by atoms with van der Waals surface area (Å²) in [5.74, 6) is 0. The van der Waals surface area contributed by atoms with Crippen LogP contribution in [0.15, 0.2) is 60.0 Å². The lowest BCUT2D eigenvalue weighted by atomic mass is 10.2. The van der Waals surface area contributed by atoms with Crippen molar-refractivity contribution < 1.29 is 0 Å². The molecule has 0 nitrogen and oxygen atoms in total. The summed E-state index contributed by atoms with van der Waals surface area (Å²) in [5.41, 5.74) is 2.23. The molecule has 2 aromatic rings. The lowest BCUT2D eigenvalue weighted by Crippen LogP contribution is -1.81. The molecule has 0 spiro atoms. The van der Waals surface area contributed by atoms with Crippen LogP contribution in [0.5, 0.6) is 0 Å². The Balaban J connectivity index is 1.93. The molecule has 0 aliphatic heterocycles. The minimum Gasteiger partial charge on any atom is -0.109 e. The summed E-state index contributed by atoms with van der Waals surface area (Å²) in [4.78, 5) is 0. The summed E-state index contributed by atoms with van der Waals surface area (Å²) in [6.45, 7) is 0. The second-order valence-electron chi connectivity index (χ2n) is 3.72. The number of hydrogen-bond acceptors (Lipinski definition) is 1. The normalized spacial score (nSPS) is 12.8. The Morgan fingerprint density at radius 3 is 2.28 bits per heavy atom. The number of rotatable bonds is 4. The van der Waals surface area contributed by atoms with Gasteiger partial charge in [0.25, 0.3) is 0 Å². The fourth-order valence-corrected chi connectivity index (χ4v) is 2.58. The maximum atomic E-state index is 6.29. The van der Waals surface area contributed by atoms with E-state index in [9.17, 15) is 0 Å². The highest BCUT2D eigenvalue weighted by molar-refractivity contribution is 8.03. The second-order valence-corrected chi connectivity index (χ2v) is 5.86. The second kappa shape index (κ2) is 6.89. The molecule has 0 saturated heterocycles. The summed E-state index contributed by atoms with van der Waals surface area (Å²) in [6, 6.07) is 17.7. The van der Waals surface area contributed by atoms with E-state index in [1.54, 1.807) is 11.8 Å². The first-order valence-corrected chi connectivity index (χ1v) is 7.28. The van der Waals surface area contributed by atoms with Crippen LogP contribution in [0.25, 0.3) is 6.08 Å². The lowest BCUT2D eigenvalue weighted by molar-refractivity contribution is 1.37. The summed E-state index contributed by atoms with van der Waals surface area (Å²) >= 11 is 13.7. The van der Waals surface area contributed by atoms with Gasteiger partial charge in [-0.15, -0.1) is 23.4 Å². The quantitative estimate of drug-likeness (QED) is 0.625. The molecule has 0 bridgehead atoms. The van der Waals surface area contributed by atoms with E-state index in [-0.39, 0.29) is 4.71 Å². The molecule has 0 N–H and O–H groups in total. The molecular weight excluding hydrogens is 283 g/mol. The molecule has 18 heavy (non-hydrogen) atoms. The average molecular weight is 295 g/mol. The number of halogens is 2. The number of alkyl halides is 1. The van der Waals surface area contributed by atoms with Gasteiger partial charge in [-0.05, 0) is 34.7 Å². The molecule has 0 aliphatic carbocycles. The van der Waals surface area contributed by atoms with Crippen LogP contribution in [-0.2, 0) is 0 Å². The Morgan fingerprint density at radius 2 is 1.61 bits per heavy atom. The minimum atomic E-state index is -0.0604. The van der Waals surface area contributed by atoms with E-state index in [2.05, 4.69) is 0 Å². The zero-order chi connectivity index (χ0) is 12.8. The fraction of sp³-hybridized carbons (Fsp3) is 0.0667. The highest BCUT2D eigenvalue weighted by atomic mass is 35.5. The largest absolute Gasteiger partial charge is 0.109 e.